The SMILES string of the molecule is CC(C)Cc1nc2c(n1C1CCCC1(C)C)CCNC2. The summed E-state index contributed by atoms with van der Waals surface area (Å²) in [6, 6.07) is 0.658. The van der Waals surface area contributed by atoms with E-state index in [9.17, 15) is 0 Å². The van der Waals surface area contributed by atoms with Gasteiger partial charge in [0.1, 0.15) is 5.82 Å². The molecule has 1 atom stereocenters. The van der Waals surface area contributed by atoms with Crippen LogP contribution in [0.4, 0.5) is 0 Å². The van der Waals surface area contributed by atoms with Gasteiger partial charge in [-0.1, -0.05) is 34.1 Å². The van der Waals surface area contributed by atoms with Gasteiger partial charge in [-0.3, -0.25) is 0 Å². The highest BCUT2D eigenvalue weighted by molar-refractivity contribution is 5.22. The molecule has 1 aliphatic heterocycles. The molecule has 1 N–H and O–H groups in total. The maximum atomic E-state index is 5.00. The monoisotopic (exact) mass is 275 g/mol. The lowest BCUT2D eigenvalue weighted by molar-refractivity contribution is 0.249. The van der Waals surface area contributed by atoms with Crippen molar-refractivity contribution in [1.82, 2.24) is 14.9 Å². The number of rotatable bonds is 3. The van der Waals surface area contributed by atoms with Crippen LogP contribution in [0.2, 0.25) is 0 Å². The molecule has 1 fully saturated rings. The van der Waals surface area contributed by atoms with Gasteiger partial charge in [-0.05, 0) is 24.2 Å². The van der Waals surface area contributed by atoms with Crippen molar-refractivity contribution in [3.8, 4) is 0 Å². The van der Waals surface area contributed by atoms with E-state index in [2.05, 4.69) is 37.6 Å². The lowest BCUT2D eigenvalue weighted by Gasteiger charge is -2.32. The van der Waals surface area contributed by atoms with Crippen LogP contribution in [0.15, 0.2) is 0 Å². The van der Waals surface area contributed by atoms with E-state index in [1.807, 2.05) is 0 Å². The Morgan fingerprint density at radius 1 is 1.40 bits per heavy atom. The summed E-state index contributed by atoms with van der Waals surface area (Å²) in [6.45, 7) is 11.5. The average molecular weight is 275 g/mol. The maximum absolute atomic E-state index is 5.00. The second-order valence-electron chi connectivity index (χ2n) is 7.71. The largest absolute Gasteiger partial charge is 0.328 e. The highest BCUT2D eigenvalue weighted by atomic mass is 15.2. The number of aromatic nitrogens is 2. The van der Waals surface area contributed by atoms with Gasteiger partial charge in [0, 0.05) is 37.7 Å². The third-order valence-corrected chi connectivity index (χ3v) is 5.10. The molecule has 0 aromatic carbocycles. The number of hydrogen-bond acceptors (Lipinski definition) is 2. The minimum Gasteiger partial charge on any atom is -0.328 e. The highest BCUT2D eigenvalue weighted by Gasteiger charge is 2.38. The first-order valence-electron chi connectivity index (χ1n) is 8.28. The van der Waals surface area contributed by atoms with E-state index in [-0.39, 0.29) is 0 Å². The summed E-state index contributed by atoms with van der Waals surface area (Å²) in [5, 5.41) is 3.47. The Balaban J connectivity index is 2.04. The molecule has 1 saturated carbocycles. The van der Waals surface area contributed by atoms with E-state index >= 15 is 0 Å². The molecular formula is C17H29N3. The summed E-state index contributed by atoms with van der Waals surface area (Å²) in [7, 11) is 0. The van der Waals surface area contributed by atoms with Gasteiger partial charge in [0.15, 0.2) is 0 Å². The van der Waals surface area contributed by atoms with Crippen LogP contribution in [0.5, 0.6) is 0 Å². The van der Waals surface area contributed by atoms with E-state index < -0.39 is 0 Å². The van der Waals surface area contributed by atoms with Crippen molar-refractivity contribution in [2.75, 3.05) is 6.54 Å². The van der Waals surface area contributed by atoms with Crippen molar-refractivity contribution < 1.29 is 0 Å². The Bertz CT molecular complexity index is 485. The Morgan fingerprint density at radius 3 is 2.85 bits per heavy atom. The van der Waals surface area contributed by atoms with E-state index in [1.54, 1.807) is 0 Å². The van der Waals surface area contributed by atoms with E-state index in [0.717, 1.165) is 25.9 Å². The van der Waals surface area contributed by atoms with E-state index in [4.69, 9.17) is 4.98 Å². The zero-order valence-electron chi connectivity index (χ0n) is 13.5. The Hall–Kier alpha value is -0.830. The maximum Gasteiger partial charge on any atom is 0.109 e. The molecule has 1 aromatic heterocycles. The molecule has 0 spiro atoms. The van der Waals surface area contributed by atoms with Gasteiger partial charge in [-0.2, -0.15) is 0 Å². The van der Waals surface area contributed by atoms with Crippen molar-refractivity contribution in [3.63, 3.8) is 0 Å². The van der Waals surface area contributed by atoms with Crippen molar-refractivity contribution in [2.45, 2.75) is 72.4 Å². The van der Waals surface area contributed by atoms with Crippen LogP contribution in [-0.4, -0.2) is 16.1 Å². The summed E-state index contributed by atoms with van der Waals surface area (Å²) in [5.74, 6) is 2.02. The lowest BCUT2D eigenvalue weighted by atomic mass is 9.86. The molecule has 3 rings (SSSR count). The molecule has 3 nitrogen and oxygen atoms in total. The minimum atomic E-state index is 0.422. The number of imidazole rings is 1. The third kappa shape index (κ3) is 2.41. The molecule has 3 heteroatoms. The van der Waals surface area contributed by atoms with Gasteiger partial charge >= 0.3 is 0 Å². The number of fused-ring (bicyclic) bond motifs is 1. The Kier molecular flexibility index (Phi) is 3.65. The minimum absolute atomic E-state index is 0.422. The first-order valence-corrected chi connectivity index (χ1v) is 8.28. The molecule has 0 bridgehead atoms. The predicted molar refractivity (Wildman–Crippen MR) is 82.8 cm³/mol. The predicted octanol–water partition coefficient (Wildman–Crippen LogP) is 3.48. The van der Waals surface area contributed by atoms with Crippen molar-refractivity contribution >= 4 is 0 Å². The van der Waals surface area contributed by atoms with Gasteiger partial charge in [-0.25, -0.2) is 4.98 Å². The highest BCUT2D eigenvalue weighted by Crippen LogP contribution is 2.47. The van der Waals surface area contributed by atoms with Crippen LogP contribution in [-0.2, 0) is 19.4 Å². The summed E-state index contributed by atoms with van der Waals surface area (Å²) in [4.78, 5) is 5.00. The van der Waals surface area contributed by atoms with E-state index in [1.165, 1.54) is 36.5 Å². The second kappa shape index (κ2) is 5.18. The van der Waals surface area contributed by atoms with Gasteiger partial charge < -0.3 is 9.88 Å². The Morgan fingerprint density at radius 2 is 2.20 bits per heavy atom. The normalized spacial score (nSPS) is 25.1. The molecule has 112 valence electrons. The molecule has 2 aliphatic rings. The van der Waals surface area contributed by atoms with Gasteiger partial charge in [-0.15, -0.1) is 0 Å². The second-order valence-corrected chi connectivity index (χ2v) is 7.71. The summed E-state index contributed by atoms with van der Waals surface area (Å²) in [6.07, 6.45) is 6.30. The fraction of sp³-hybridized carbons (Fsp3) is 0.824. The van der Waals surface area contributed by atoms with Gasteiger partial charge in [0.2, 0.25) is 0 Å². The van der Waals surface area contributed by atoms with Crippen molar-refractivity contribution in [2.24, 2.45) is 11.3 Å². The first kappa shape index (κ1) is 14.1. The molecule has 2 heterocycles. The van der Waals surface area contributed by atoms with Crippen molar-refractivity contribution in [3.05, 3.63) is 17.2 Å². The molecule has 0 saturated heterocycles. The van der Waals surface area contributed by atoms with Crippen LogP contribution in [0.25, 0.3) is 0 Å². The standard InChI is InChI=1S/C17H29N3/c1-12(2)10-16-19-13-11-18-9-7-14(13)20(16)15-6-5-8-17(15,3)4/h12,15,18H,5-11H2,1-4H3. The topological polar surface area (TPSA) is 29.9 Å². The molecule has 0 amide bonds. The Labute approximate surface area is 123 Å². The van der Waals surface area contributed by atoms with Crippen LogP contribution in [0.3, 0.4) is 0 Å². The third-order valence-electron chi connectivity index (χ3n) is 5.10. The molecule has 1 aliphatic carbocycles. The average Bonchev–Trinajstić information content (AvgIpc) is 2.87. The van der Waals surface area contributed by atoms with Gasteiger partial charge in [0.05, 0.1) is 5.69 Å². The number of nitrogens with one attached hydrogen (secondary N) is 1. The molecule has 20 heavy (non-hydrogen) atoms. The molecule has 1 aromatic rings. The van der Waals surface area contributed by atoms with E-state index in [0.29, 0.717) is 17.4 Å². The fourth-order valence-electron chi connectivity index (χ4n) is 4.05. The first-order chi connectivity index (χ1) is 9.49. The molecule has 0 radical (unpaired) electrons. The lowest BCUT2D eigenvalue weighted by Crippen LogP contribution is -2.29. The van der Waals surface area contributed by atoms with Gasteiger partial charge in [0.25, 0.3) is 0 Å². The zero-order chi connectivity index (χ0) is 14.3. The number of nitrogens with zero attached hydrogens (tertiary/aromatic N) is 2. The number of hydrogen-bond donors (Lipinski definition) is 1. The molecular weight excluding hydrogens is 246 g/mol. The summed E-state index contributed by atoms with van der Waals surface area (Å²) < 4.78 is 2.66. The summed E-state index contributed by atoms with van der Waals surface area (Å²) >= 11 is 0. The quantitative estimate of drug-likeness (QED) is 0.915. The van der Waals surface area contributed by atoms with Crippen LogP contribution >= 0.6 is 0 Å². The van der Waals surface area contributed by atoms with Crippen LogP contribution < -0.4 is 5.32 Å². The summed E-state index contributed by atoms with van der Waals surface area (Å²) in [5.41, 5.74) is 3.26. The molecule has 1 unspecified atom stereocenters. The smallest absolute Gasteiger partial charge is 0.109 e. The fourth-order valence-corrected chi connectivity index (χ4v) is 4.05. The van der Waals surface area contributed by atoms with Crippen LogP contribution in [0, 0.1) is 11.3 Å². The zero-order valence-corrected chi connectivity index (χ0v) is 13.5. The van der Waals surface area contributed by atoms with Crippen LogP contribution in [0.1, 0.15) is 70.2 Å². The van der Waals surface area contributed by atoms with Crippen molar-refractivity contribution in [1.29, 1.82) is 0 Å².